The Labute approximate surface area is 63.0 Å². The largest absolute Gasteiger partial charge is 0.244 e. The van der Waals surface area contributed by atoms with Crippen LogP contribution >= 0.6 is 0 Å². The van der Waals surface area contributed by atoms with Crippen molar-refractivity contribution in [3.05, 3.63) is 23.2 Å². The van der Waals surface area contributed by atoms with Crippen molar-refractivity contribution in [1.82, 2.24) is 9.97 Å². The molecule has 1 aromatic rings. The first-order valence-electron chi connectivity index (χ1n) is 3.32. The van der Waals surface area contributed by atoms with Crippen LogP contribution in [0.15, 0.2) is 22.7 Å². The minimum absolute atomic E-state index is 0.647. The van der Waals surface area contributed by atoms with Gasteiger partial charge in [0, 0.05) is 24.1 Å². The van der Waals surface area contributed by atoms with Gasteiger partial charge in [-0.05, 0) is 0 Å². The number of hydrogen-bond acceptors (Lipinski definition) is 4. The molecule has 0 radical (unpaired) electrons. The van der Waals surface area contributed by atoms with Crippen molar-refractivity contribution < 1.29 is 0 Å². The van der Waals surface area contributed by atoms with Crippen LogP contribution in [0.2, 0.25) is 0 Å². The first-order valence-corrected chi connectivity index (χ1v) is 3.32. The van der Waals surface area contributed by atoms with E-state index in [4.69, 9.17) is 0 Å². The van der Waals surface area contributed by atoms with Crippen LogP contribution in [-0.2, 0) is 0 Å². The maximum atomic E-state index is 3.96. The first kappa shape index (κ1) is 6.15. The van der Waals surface area contributed by atoms with E-state index < -0.39 is 0 Å². The summed E-state index contributed by atoms with van der Waals surface area (Å²) in [6.07, 6.45) is 7.73. The monoisotopic (exact) mass is 146 g/mol. The molecule has 0 aliphatic carbocycles. The molecule has 1 aromatic heterocycles. The van der Waals surface area contributed by atoms with Crippen molar-refractivity contribution in [3.8, 4) is 0 Å². The normalized spacial score (nSPS) is 14.2. The van der Waals surface area contributed by atoms with Crippen LogP contribution < -0.4 is 10.7 Å². The second kappa shape index (κ2) is 2.57. The lowest BCUT2D eigenvalue weighted by Gasteiger charge is -1.81. The Kier molecular flexibility index (Phi) is 1.44. The molecule has 1 aliphatic rings. The van der Waals surface area contributed by atoms with E-state index in [1.165, 1.54) is 6.33 Å². The van der Waals surface area contributed by atoms with Crippen LogP contribution in [0, 0.1) is 0 Å². The lowest BCUT2D eigenvalue weighted by Crippen LogP contribution is -2.27. The van der Waals surface area contributed by atoms with E-state index in [2.05, 4.69) is 20.2 Å². The van der Waals surface area contributed by atoms with Crippen LogP contribution in [0.1, 0.15) is 6.42 Å². The van der Waals surface area contributed by atoms with Gasteiger partial charge in [0.2, 0.25) is 0 Å². The maximum Gasteiger partial charge on any atom is 0.184 e. The molecule has 0 N–H and O–H groups in total. The van der Waals surface area contributed by atoms with E-state index in [1.807, 2.05) is 6.08 Å². The highest BCUT2D eigenvalue weighted by Crippen LogP contribution is 1.78. The molecule has 54 valence electrons. The third kappa shape index (κ3) is 1.14. The quantitative estimate of drug-likeness (QED) is 0.484. The standard InChI is InChI=1S/C7H6N4/c1-2-6-4-8-5-9-7(6)11-10-3-1/h2-5H,1H2. The Hall–Kier alpha value is -1.58. The van der Waals surface area contributed by atoms with Gasteiger partial charge in [0.05, 0.1) is 0 Å². The summed E-state index contributed by atoms with van der Waals surface area (Å²) >= 11 is 0. The summed E-state index contributed by atoms with van der Waals surface area (Å²) in [6.45, 7) is 0. The van der Waals surface area contributed by atoms with Gasteiger partial charge in [0.25, 0.3) is 0 Å². The lowest BCUT2D eigenvalue weighted by atomic mass is 10.3. The Morgan fingerprint density at radius 1 is 1.36 bits per heavy atom. The van der Waals surface area contributed by atoms with E-state index >= 15 is 0 Å². The molecule has 0 spiro atoms. The highest BCUT2D eigenvalue weighted by atomic mass is 15.2. The van der Waals surface area contributed by atoms with E-state index in [-0.39, 0.29) is 0 Å². The van der Waals surface area contributed by atoms with Crippen molar-refractivity contribution in [3.63, 3.8) is 0 Å². The molecular formula is C7H6N4. The van der Waals surface area contributed by atoms with Crippen molar-refractivity contribution in [2.75, 3.05) is 0 Å². The van der Waals surface area contributed by atoms with Crippen LogP contribution in [0.4, 0.5) is 0 Å². The minimum Gasteiger partial charge on any atom is -0.244 e. The molecule has 0 aromatic carbocycles. The van der Waals surface area contributed by atoms with Gasteiger partial charge < -0.3 is 0 Å². The molecule has 1 aliphatic heterocycles. The zero-order valence-electron chi connectivity index (χ0n) is 5.81. The van der Waals surface area contributed by atoms with Gasteiger partial charge in [-0.1, -0.05) is 6.08 Å². The van der Waals surface area contributed by atoms with Crippen LogP contribution in [0.5, 0.6) is 0 Å². The Balaban J connectivity index is 2.81. The Morgan fingerprint density at radius 2 is 2.36 bits per heavy atom. The molecule has 0 unspecified atom stereocenters. The van der Waals surface area contributed by atoms with Gasteiger partial charge in [0.15, 0.2) is 5.49 Å². The number of fused-ring (bicyclic) bond motifs is 1. The van der Waals surface area contributed by atoms with Gasteiger partial charge >= 0.3 is 0 Å². The van der Waals surface area contributed by atoms with Crippen molar-refractivity contribution >= 4 is 12.3 Å². The molecule has 0 amide bonds. The Bertz CT molecular complexity index is 393. The van der Waals surface area contributed by atoms with Gasteiger partial charge in [-0.25, -0.2) is 9.97 Å². The summed E-state index contributed by atoms with van der Waals surface area (Å²) < 4.78 is 0. The predicted molar refractivity (Wildman–Crippen MR) is 40.4 cm³/mol. The second-order valence-corrected chi connectivity index (χ2v) is 2.14. The van der Waals surface area contributed by atoms with Crippen molar-refractivity contribution in [2.24, 2.45) is 10.2 Å². The Morgan fingerprint density at radius 3 is 3.36 bits per heavy atom. The fourth-order valence-corrected chi connectivity index (χ4v) is 0.884. The van der Waals surface area contributed by atoms with Crippen LogP contribution in [0.3, 0.4) is 0 Å². The van der Waals surface area contributed by atoms with Crippen LogP contribution in [0.25, 0.3) is 6.08 Å². The van der Waals surface area contributed by atoms with Gasteiger partial charge in [-0.2, -0.15) is 5.10 Å². The average Bonchev–Trinajstić information content (AvgIpc) is 2.28. The van der Waals surface area contributed by atoms with E-state index in [0.29, 0.717) is 5.49 Å². The zero-order chi connectivity index (χ0) is 7.52. The number of nitrogens with zero attached hydrogens (tertiary/aromatic N) is 4. The molecule has 11 heavy (non-hydrogen) atoms. The molecule has 4 heteroatoms. The average molecular weight is 146 g/mol. The third-order valence-electron chi connectivity index (χ3n) is 1.40. The second-order valence-electron chi connectivity index (χ2n) is 2.14. The zero-order valence-corrected chi connectivity index (χ0v) is 5.81. The molecular weight excluding hydrogens is 140 g/mol. The molecule has 0 fully saturated rings. The van der Waals surface area contributed by atoms with E-state index in [1.54, 1.807) is 12.4 Å². The summed E-state index contributed by atoms with van der Waals surface area (Å²) in [5, 5.41) is 8.61. The topological polar surface area (TPSA) is 50.5 Å². The SMILES string of the molecule is C1=NN=c2ncncc2=CC1. The smallest absolute Gasteiger partial charge is 0.184 e. The third-order valence-corrected chi connectivity index (χ3v) is 1.40. The van der Waals surface area contributed by atoms with Crippen molar-refractivity contribution in [2.45, 2.75) is 6.42 Å². The fourth-order valence-electron chi connectivity index (χ4n) is 0.884. The van der Waals surface area contributed by atoms with Gasteiger partial charge in [-0.3, -0.25) is 0 Å². The molecule has 0 saturated carbocycles. The summed E-state index contributed by atoms with van der Waals surface area (Å²) in [7, 11) is 0. The number of aromatic nitrogens is 2. The number of rotatable bonds is 0. The molecule has 0 saturated heterocycles. The van der Waals surface area contributed by atoms with Gasteiger partial charge in [0.1, 0.15) is 6.33 Å². The predicted octanol–water partition coefficient (Wildman–Crippen LogP) is -0.734. The van der Waals surface area contributed by atoms with Crippen LogP contribution in [-0.4, -0.2) is 16.2 Å². The maximum absolute atomic E-state index is 3.96. The lowest BCUT2D eigenvalue weighted by molar-refractivity contribution is 0.994. The highest BCUT2D eigenvalue weighted by molar-refractivity contribution is 5.64. The summed E-state index contributed by atoms with van der Waals surface area (Å²) in [6, 6.07) is 0. The van der Waals surface area contributed by atoms with Gasteiger partial charge in [-0.15, -0.1) is 5.10 Å². The van der Waals surface area contributed by atoms with E-state index in [0.717, 1.165) is 11.6 Å². The minimum atomic E-state index is 0.647. The van der Waals surface area contributed by atoms with E-state index in [9.17, 15) is 0 Å². The number of hydrogen-bond donors (Lipinski definition) is 0. The summed E-state index contributed by atoms with van der Waals surface area (Å²) in [5.41, 5.74) is 0.647. The van der Waals surface area contributed by atoms with Crippen molar-refractivity contribution in [1.29, 1.82) is 0 Å². The first-order chi connectivity index (χ1) is 5.47. The molecule has 2 rings (SSSR count). The molecule has 0 atom stereocenters. The molecule has 2 heterocycles. The summed E-state index contributed by atoms with van der Waals surface area (Å²) in [5.74, 6) is 0. The summed E-state index contributed by atoms with van der Waals surface area (Å²) in [4.78, 5) is 7.84. The molecule has 0 bridgehead atoms. The highest BCUT2D eigenvalue weighted by Gasteiger charge is 1.88. The fraction of sp³-hybridized carbons (Fsp3) is 0.143. The molecule has 4 nitrogen and oxygen atoms in total.